The standard InChI is InChI=1S/C21H22ClN3O2S2/c22-17-11-16(24-12-13-5-4-10-28-13)21-18(25-17)14(6-1-2-8-26)20(29-21)19-15(23)7-3-9-27-19/h4-5,10-11,15,19,26H,2-3,7-9,12,23H2,(H,24,25)/t15-,19-/m1/s1. The Morgan fingerprint density at radius 2 is 2.34 bits per heavy atom. The molecule has 3 aromatic heterocycles. The fourth-order valence-corrected chi connectivity index (χ4v) is 5.53. The summed E-state index contributed by atoms with van der Waals surface area (Å²) in [7, 11) is 0. The van der Waals surface area contributed by atoms with E-state index in [1.165, 1.54) is 4.88 Å². The summed E-state index contributed by atoms with van der Waals surface area (Å²) in [5.41, 5.74) is 8.88. The first-order valence-corrected chi connectivity index (χ1v) is 11.6. The van der Waals surface area contributed by atoms with Gasteiger partial charge in [-0.25, -0.2) is 4.98 Å². The number of anilines is 1. The molecule has 0 unspecified atom stereocenters. The highest BCUT2D eigenvalue weighted by atomic mass is 35.5. The highest BCUT2D eigenvalue weighted by Crippen LogP contribution is 2.42. The fourth-order valence-electron chi connectivity index (χ4n) is 3.38. The number of nitrogens with one attached hydrogen (secondary N) is 1. The summed E-state index contributed by atoms with van der Waals surface area (Å²) in [6.45, 7) is 1.42. The molecule has 8 heteroatoms. The summed E-state index contributed by atoms with van der Waals surface area (Å²) >= 11 is 9.67. The van der Waals surface area contributed by atoms with Gasteiger partial charge < -0.3 is 20.9 Å². The number of fused-ring (bicyclic) bond motifs is 1. The molecular formula is C21H22ClN3O2S2. The molecule has 0 aliphatic carbocycles. The molecule has 1 saturated heterocycles. The number of hydrogen-bond acceptors (Lipinski definition) is 7. The third kappa shape index (κ3) is 4.58. The zero-order chi connectivity index (χ0) is 20.2. The third-order valence-electron chi connectivity index (χ3n) is 4.75. The van der Waals surface area contributed by atoms with Crippen molar-refractivity contribution in [2.24, 2.45) is 5.73 Å². The Balaban J connectivity index is 1.79. The van der Waals surface area contributed by atoms with Crippen LogP contribution in [0.15, 0.2) is 23.6 Å². The fraction of sp³-hybridized carbons (Fsp3) is 0.381. The van der Waals surface area contributed by atoms with E-state index >= 15 is 0 Å². The molecule has 5 nitrogen and oxygen atoms in total. The molecule has 2 atom stereocenters. The van der Waals surface area contributed by atoms with Crippen LogP contribution in [-0.4, -0.2) is 29.3 Å². The Morgan fingerprint density at radius 1 is 1.45 bits per heavy atom. The number of aromatic nitrogens is 1. The maximum Gasteiger partial charge on any atom is 0.131 e. The van der Waals surface area contributed by atoms with E-state index < -0.39 is 0 Å². The molecule has 0 spiro atoms. The Kier molecular flexibility index (Phi) is 6.70. The monoisotopic (exact) mass is 447 g/mol. The normalized spacial score (nSPS) is 19.1. The highest BCUT2D eigenvalue weighted by molar-refractivity contribution is 7.20. The van der Waals surface area contributed by atoms with Gasteiger partial charge in [0.25, 0.3) is 0 Å². The van der Waals surface area contributed by atoms with E-state index in [4.69, 9.17) is 27.2 Å². The zero-order valence-electron chi connectivity index (χ0n) is 15.8. The molecule has 29 heavy (non-hydrogen) atoms. The first-order chi connectivity index (χ1) is 14.2. The topological polar surface area (TPSA) is 80.4 Å². The lowest BCUT2D eigenvalue weighted by Gasteiger charge is -2.28. The molecule has 0 bridgehead atoms. The molecular weight excluding hydrogens is 426 g/mol. The summed E-state index contributed by atoms with van der Waals surface area (Å²) in [4.78, 5) is 6.81. The van der Waals surface area contributed by atoms with Crippen molar-refractivity contribution in [1.29, 1.82) is 0 Å². The minimum absolute atomic E-state index is 0.0195. The number of aliphatic hydroxyl groups excluding tert-OH is 1. The van der Waals surface area contributed by atoms with Crippen LogP contribution in [0, 0.1) is 11.8 Å². The van der Waals surface area contributed by atoms with Crippen molar-refractivity contribution in [3.05, 3.63) is 44.1 Å². The Hall–Kier alpha value is -1.66. The van der Waals surface area contributed by atoms with E-state index in [1.54, 1.807) is 22.7 Å². The van der Waals surface area contributed by atoms with Crippen LogP contribution in [-0.2, 0) is 11.3 Å². The van der Waals surface area contributed by atoms with Crippen LogP contribution in [0.3, 0.4) is 0 Å². The minimum Gasteiger partial charge on any atom is -0.395 e. The van der Waals surface area contributed by atoms with E-state index in [-0.39, 0.29) is 18.8 Å². The third-order valence-corrected chi connectivity index (χ3v) is 7.09. The van der Waals surface area contributed by atoms with Crippen LogP contribution in [0.1, 0.15) is 40.7 Å². The second kappa shape index (κ2) is 9.43. The van der Waals surface area contributed by atoms with E-state index in [0.717, 1.165) is 39.2 Å². The van der Waals surface area contributed by atoms with Crippen molar-refractivity contribution < 1.29 is 9.84 Å². The molecule has 0 aromatic carbocycles. The van der Waals surface area contributed by atoms with Crippen molar-refractivity contribution in [3.63, 3.8) is 0 Å². The molecule has 1 fully saturated rings. The van der Waals surface area contributed by atoms with E-state index in [0.29, 0.717) is 24.7 Å². The van der Waals surface area contributed by atoms with Crippen molar-refractivity contribution in [2.45, 2.75) is 38.0 Å². The summed E-state index contributed by atoms with van der Waals surface area (Å²) in [5, 5.41) is 15.1. The van der Waals surface area contributed by atoms with E-state index in [9.17, 15) is 0 Å². The number of ether oxygens (including phenoxy) is 1. The van der Waals surface area contributed by atoms with E-state index in [1.807, 2.05) is 12.1 Å². The Bertz CT molecular complexity index is 1040. The van der Waals surface area contributed by atoms with Gasteiger partial charge in [-0.1, -0.05) is 29.5 Å². The average molecular weight is 448 g/mol. The van der Waals surface area contributed by atoms with Gasteiger partial charge in [0, 0.05) is 36.6 Å². The molecule has 0 radical (unpaired) electrons. The zero-order valence-corrected chi connectivity index (χ0v) is 18.2. The predicted molar refractivity (Wildman–Crippen MR) is 121 cm³/mol. The van der Waals surface area contributed by atoms with Gasteiger partial charge in [0.15, 0.2) is 0 Å². The molecule has 1 aliphatic rings. The number of halogens is 1. The SMILES string of the molecule is N[C@@H]1CCCO[C@H]1c1sc2c(NCc3cccs3)cc(Cl)nc2c1C#CCCO. The first-order valence-electron chi connectivity index (χ1n) is 9.53. The van der Waals surface area contributed by atoms with Crippen LogP contribution >= 0.6 is 34.3 Å². The smallest absolute Gasteiger partial charge is 0.131 e. The number of thiophene rings is 2. The summed E-state index contributed by atoms with van der Waals surface area (Å²) in [6.07, 6.45) is 2.08. The van der Waals surface area contributed by atoms with Crippen LogP contribution in [0.5, 0.6) is 0 Å². The second-order valence-electron chi connectivity index (χ2n) is 6.82. The van der Waals surface area contributed by atoms with Crippen LogP contribution in [0.25, 0.3) is 10.2 Å². The average Bonchev–Trinajstić information content (AvgIpc) is 3.35. The number of pyridine rings is 1. The molecule has 4 N–H and O–H groups in total. The first kappa shape index (κ1) is 20.6. The lowest BCUT2D eigenvalue weighted by molar-refractivity contribution is 0.00226. The number of aliphatic hydroxyl groups is 1. The number of nitrogens with two attached hydrogens (primary N) is 1. The van der Waals surface area contributed by atoms with Crippen molar-refractivity contribution >= 4 is 50.2 Å². The van der Waals surface area contributed by atoms with Crippen molar-refractivity contribution in [1.82, 2.24) is 4.98 Å². The van der Waals surface area contributed by atoms with Gasteiger partial charge in [0.1, 0.15) is 16.8 Å². The number of rotatable bonds is 5. The van der Waals surface area contributed by atoms with Gasteiger partial charge in [0.05, 0.1) is 27.4 Å². The van der Waals surface area contributed by atoms with Gasteiger partial charge in [-0.2, -0.15) is 0 Å². The lowest BCUT2D eigenvalue weighted by Crippen LogP contribution is -2.34. The largest absolute Gasteiger partial charge is 0.395 e. The Morgan fingerprint density at radius 3 is 3.10 bits per heavy atom. The van der Waals surface area contributed by atoms with E-state index in [2.05, 4.69) is 33.6 Å². The molecule has 152 valence electrons. The Labute approximate surface area is 182 Å². The molecule has 4 rings (SSSR count). The summed E-state index contributed by atoms with van der Waals surface area (Å²) < 4.78 is 7.03. The molecule has 1 aliphatic heterocycles. The molecule has 3 aromatic rings. The quantitative estimate of drug-likeness (QED) is 0.395. The minimum atomic E-state index is -0.203. The molecule has 0 amide bonds. The summed E-state index contributed by atoms with van der Waals surface area (Å²) in [5.74, 6) is 6.22. The maximum absolute atomic E-state index is 9.13. The van der Waals surface area contributed by atoms with Gasteiger partial charge in [0.2, 0.25) is 0 Å². The molecule has 4 heterocycles. The maximum atomic E-state index is 9.13. The van der Waals surface area contributed by atoms with Crippen molar-refractivity contribution in [3.8, 4) is 11.8 Å². The van der Waals surface area contributed by atoms with Crippen LogP contribution in [0.4, 0.5) is 5.69 Å². The summed E-state index contributed by atoms with van der Waals surface area (Å²) in [6, 6.07) is 5.91. The lowest BCUT2D eigenvalue weighted by atomic mass is 9.99. The van der Waals surface area contributed by atoms with Gasteiger partial charge in [-0.3, -0.25) is 0 Å². The number of nitrogens with zero attached hydrogens (tertiary/aromatic N) is 1. The number of hydrogen-bond donors (Lipinski definition) is 3. The van der Waals surface area contributed by atoms with Gasteiger partial charge in [-0.15, -0.1) is 22.7 Å². The second-order valence-corrected chi connectivity index (χ2v) is 9.29. The molecule has 0 saturated carbocycles. The van der Waals surface area contributed by atoms with Crippen LogP contribution < -0.4 is 11.1 Å². The van der Waals surface area contributed by atoms with Gasteiger partial charge >= 0.3 is 0 Å². The predicted octanol–water partition coefficient (Wildman–Crippen LogP) is 4.54. The van der Waals surface area contributed by atoms with Gasteiger partial charge in [-0.05, 0) is 24.3 Å². The van der Waals surface area contributed by atoms with Crippen LogP contribution in [0.2, 0.25) is 5.15 Å². The van der Waals surface area contributed by atoms with Crippen molar-refractivity contribution in [2.75, 3.05) is 18.5 Å². The highest BCUT2D eigenvalue weighted by Gasteiger charge is 2.30.